The molecule has 0 aromatic heterocycles. The van der Waals surface area contributed by atoms with Gasteiger partial charge in [-0.3, -0.25) is 9.79 Å². The molecule has 1 saturated heterocycles. The molecule has 2 aromatic carbocycles. The zero-order valence-electron chi connectivity index (χ0n) is 24.4. The standard InChI is InChI=1S/C31H41FN6O3/c1-5-40-29-16-26-23(15-27(29)36-30(39)9-7-13-38(3)4)31(21(17-33)18-35-26)37-25-11-10-22(14-24(25)32)41-19-28-20(2)8-6-12-34-28/h10-11,14-16,18,20-21,28,31,34,37H,5-9,12-13,19H2,1-4H3,(H,36,39). The van der Waals surface area contributed by atoms with Gasteiger partial charge >= 0.3 is 0 Å². The molecule has 4 rings (SSSR count). The Morgan fingerprint density at radius 1 is 1.24 bits per heavy atom. The van der Waals surface area contributed by atoms with Crippen molar-refractivity contribution in [3.05, 3.63) is 41.7 Å². The lowest BCUT2D eigenvalue weighted by Crippen LogP contribution is -2.44. The van der Waals surface area contributed by atoms with Crippen molar-refractivity contribution in [2.24, 2.45) is 16.8 Å². The Morgan fingerprint density at radius 2 is 2.07 bits per heavy atom. The average molecular weight is 565 g/mol. The smallest absolute Gasteiger partial charge is 0.224 e. The molecule has 0 spiro atoms. The SMILES string of the molecule is CCOc1cc2c(cc1NC(=O)CCCN(C)C)C(Nc1ccc(OCC3NCCCC3C)cc1F)C(C#N)C=N2. The first-order valence-corrected chi connectivity index (χ1v) is 14.4. The number of fused-ring (bicyclic) bond motifs is 1. The number of ether oxygens (including phenoxy) is 2. The number of amides is 1. The van der Waals surface area contributed by atoms with E-state index < -0.39 is 17.8 Å². The molecule has 4 unspecified atom stereocenters. The number of aliphatic imine (C=N–C) groups is 1. The third-order valence-corrected chi connectivity index (χ3v) is 7.54. The fourth-order valence-electron chi connectivity index (χ4n) is 5.20. The van der Waals surface area contributed by atoms with Gasteiger partial charge in [0.25, 0.3) is 0 Å². The van der Waals surface area contributed by atoms with Gasteiger partial charge in [0.1, 0.15) is 29.8 Å². The van der Waals surface area contributed by atoms with Crippen LogP contribution >= 0.6 is 0 Å². The highest BCUT2D eigenvalue weighted by molar-refractivity contribution is 5.93. The summed E-state index contributed by atoms with van der Waals surface area (Å²) in [5.41, 5.74) is 2.01. The van der Waals surface area contributed by atoms with Gasteiger partial charge < -0.3 is 30.3 Å². The second kappa shape index (κ2) is 14.3. The highest BCUT2D eigenvalue weighted by Gasteiger charge is 2.30. The lowest BCUT2D eigenvalue weighted by molar-refractivity contribution is -0.116. The Bertz CT molecular complexity index is 1280. The maximum Gasteiger partial charge on any atom is 0.224 e. The number of anilines is 2. The highest BCUT2D eigenvalue weighted by Crippen LogP contribution is 2.42. The molecule has 2 aromatic rings. The molecule has 2 aliphatic heterocycles. The molecule has 9 nitrogen and oxygen atoms in total. The van der Waals surface area contributed by atoms with Gasteiger partial charge in [0.05, 0.1) is 35.8 Å². The number of hydrogen-bond acceptors (Lipinski definition) is 8. The minimum atomic E-state index is -0.654. The minimum Gasteiger partial charge on any atom is -0.492 e. The van der Waals surface area contributed by atoms with Gasteiger partial charge in [0.2, 0.25) is 5.91 Å². The van der Waals surface area contributed by atoms with E-state index in [1.165, 1.54) is 6.07 Å². The summed E-state index contributed by atoms with van der Waals surface area (Å²) in [7, 11) is 3.93. The number of nitriles is 1. The number of piperidine rings is 1. The van der Waals surface area contributed by atoms with Crippen LogP contribution in [-0.4, -0.2) is 63.5 Å². The molecule has 0 saturated carbocycles. The maximum atomic E-state index is 15.3. The largest absolute Gasteiger partial charge is 0.492 e. The van der Waals surface area contributed by atoms with Crippen LogP contribution in [0.5, 0.6) is 11.5 Å². The molecule has 1 fully saturated rings. The summed E-state index contributed by atoms with van der Waals surface area (Å²) in [6.07, 6.45) is 4.94. The van der Waals surface area contributed by atoms with E-state index in [1.54, 1.807) is 30.5 Å². The van der Waals surface area contributed by atoms with Crippen LogP contribution in [0.4, 0.5) is 21.5 Å². The quantitative estimate of drug-likeness (QED) is 0.322. The number of benzene rings is 2. The molecule has 0 bridgehead atoms. The molecular weight excluding hydrogens is 523 g/mol. The molecule has 10 heteroatoms. The van der Waals surface area contributed by atoms with E-state index in [0.29, 0.717) is 60.4 Å². The predicted molar refractivity (Wildman–Crippen MR) is 160 cm³/mol. The summed E-state index contributed by atoms with van der Waals surface area (Å²) in [6.45, 7) is 6.71. The van der Waals surface area contributed by atoms with Crippen LogP contribution in [-0.2, 0) is 4.79 Å². The number of halogens is 1. The maximum absolute atomic E-state index is 15.3. The normalized spacial score (nSPS) is 21.6. The van der Waals surface area contributed by atoms with Crippen molar-refractivity contribution in [2.45, 2.75) is 51.6 Å². The fraction of sp³-hybridized carbons (Fsp3) is 0.516. The Kier molecular flexibility index (Phi) is 10.6. The summed E-state index contributed by atoms with van der Waals surface area (Å²) in [5, 5.41) is 19.5. The van der Waals surface area contributed by atoms with Crippen molar-refractivity contribution >= 4 is 29.2 Å². The number of carbonyl (C=O) groups excluding carboxylic acids is 1. The first-order valence-electron chi connectivity index (χ1n) is 14.4. The van der Waals surface area contributed by atoms with Crippen molar-refractivity contribution in [2.75, 3.05) is 51.0 Å². The molecule has 1 amide bonds. The number of nitrogens with one attached hydrogen (secondary N) is 3. The van der Waals surface area contributed by atoms with E-state index >= 15 is 4.39 Å². The fourth-order valence-corrected chi connectivity index (χ4v) is 5.20. The summed E-state index contributed by atoms with van der Waals surface area (Å²) in [4.78, 5) is 19.2. The Balaban J connectivity index is 1.53. The van der Waals surface area contributed by atoms with Crippen LogP contribution in [0.2, 0.25) is 0 Å². The minimum absolute atomic E-state index is 0.132. The van der Waals surface area contributed by atoms with E-state index in [-0.39, 0.29) is 17.6 Å². The summed E-state index contributed by atoms with van der Waals surface area (Å²) in [5.74, 6) is 0.185. The van der Waals surface area contributed by atoms with Gasteiger partial charge in [0, 0.05) is 36.4 Å². The summed E-state index contributed by atoms with van der Waals surface area (Å²) >= 11 is 0. The number of carbonyl (C=O) groups is 1. The summed E-state index contributed by atoms with van der Waals surface area (Å²) < 4.78 is 27.0. The Hall–Kier alpha value is -3.68. The molecule has 0 radical (unpaired) electrons. The van der Waals surface area contributed by atoms with Crippen LogP contribution in [0.3, 0.4) is 0 Å². The molecule has 41 heavy (non-hydrogen) atoms. The van der Waals surface area contributed by atoms with Crippen molar-refractivity contribution in [1.29, 1.82) is 5.26 Å². The van der Waals surface area contributed by atoms with Gasteiger partial charge in [-0.2, -0.15) is 5.26 Å². The molecule has 4 atom stereocenters. The topological polar surface area (TPSA) is 111 Å². The lowest BCUT2D eigenvalue weighted by atomic mass is 9.90. The van der Waals surface area contributed by atoms with Crippen LogP contribution in [0.1, 0.15) is 51.1 Å². The average Bonchev–Trinajstić information content (AvgIpc) is 2.94. The molecular formula is C31H41FN6O3. The van der Waals surface area contributed by atoms with Crippen LogP contribution in [0.25, 0.3) is 0 Å². The van der Waals surface area contributed by atoms with Crippen molar-refractivity contribution < 1.29 is 18.7 Å². The lowest BCUT2D eigenvalue weighted by Gasteiger charge is -2.30. The Morgan fingerprint density at radius 3 is 2.78 bits per heavy atom. The summed E-state index contributed by atoms with van der Waals surface area (Å²) in [6, 6.07) is 10.2. The number of nitrogens with zero attached hydrogens (tertiary/aromatic N) is 3. The molecule has 220 valence electrons. The monoisotopic (exact) mass is 564 g/mol. The number of hydrogen-bond donors (Lipinski definition) is 3. The van der Waals surface area contributed by atoms with E-state index in [1.807, 2.05) is 25.9 Å². The van der Waals surface area contributed by atoms with Crippen LogP contribution in [0.15, 0.2) is 35.3 Å². The van der Waals surface area contributed by atoms with E-state index in [0.717, 1.165) is 25.9 Å². The van der Waals surface area contributed by atoms with Crippen LogP contribution in [0, 0.1) is 29.0 Å². The second-order valence-corrected chi connectivity index (χ2v) is 11.0. The Labute approximate surface area is 242 Å². The zero-order valence-corrected chi connectivity index (χ0v) is 24.4. The highest BCUT2D eigenvalue weighted by atomic mass is 19.1. The third-order valence-electron chi connectivity index (χ3n) is 7.54. The van der Waals surface area contributed by atoms with E-state index in [4.69, 9.17) is 9.47 Å². The van der Waals surface area contributed by atoms with E-state index in [2.05, 4.69) is 33.9 Å². The first kappa shape index (κ1) is 30.3. The molecule has 2 aliphatic rings. The van der Waals surface area contributed by atoms with Gasteiger partial charge in [-0.15, -0.1) is 0 Å². The molecule has 3 N–H and O–H groups in total. The number of rotatable bonds is 12. The van der Waals surface area contributed by atoms with E-state index in [9.17, 15) is 10.1 Å². The van der Waals surface area contributed by atoms with Gasteiger partial charge in [-0.1, -0.05) is 6.92 Å². The van der Waals surface area contributed by atoms with Crippen molar-refractivity contribution in [3.63, 3.8) is 0 Å². The molecule has 2 heterocycles. The second-order valence-electron chi connectivity index (χ2n) is 11.0. The van der Waals surface area contributed by atoms with Gasteiger partial charge in [-0.25, -0.2) is 4.39 Å². The zero-order chi connectivity index (χ0) is 29.4. The predicted octanol–water partition coefficient (Wildman–Crippen LogP) is 5.28. The van der Waals surface area contributed by atoms with Crippen molar-refractivity contribution in [1.82, 2.24) is 10.2 Å². The van der Waals surface area contributed by atoms with Crippen molar-refractivity contribution in [3.8, 4) is 17.6 Å². The van der Waals surface area contributed by atoms with Crippen LogP contribution < -0.4 is 25.4 Å². The molecule has 0 aliphatic carbocycles. The van der Waals surface area contributed by atoms with Gasteiger partial charge in [0.15, 0.2) is 0 Å². The third kappa shape index (κ3) is 7.96. The first-order chi connectivity index (χ1) is 19.8. The van der Waals surface area contributed by atoms with Gasteiger partial charge in [-0.05, 0) is 77.5 Å².